The summed E-state index contributed by atoms with van der Waals surface area (Å²) >= 11 is 0. The van der Waals surface area contributed by atoms with E-state index in [1.807, 2.05) is 0 Å². The van der Waals surface area contributed by atoms with E-state index in [4.69, 9.17) is 11.5 Å². The summed E-state index contributed by atoms with van der Waals surface area (Å²) in [6.45, 7) is 3.63. The van der Waals surface area contributed by atoms with Crippen molar-refractivity contribution < 1.29 is 9.59 Å². The lowest BCUT2D eigenvalue weighted by molar-refractivity contribution is -0.133. The molecule has 0 aromatic rings. The van der Waals surface area contributed by atoms with Gasteiger partial charge in [-0.2, -0.15) is 0 Å². The Hall–Kier alpha value is -0.810. The average Bonchev–Trinajstić information content (AvgIpc) is 2.63. The minimum Gasteiger partial charge on any atom is -0.370 e. The summed E-state index contributed by atoms with van der Waals surface area (Å²) in [4.78, 5) is 24.1. The minimum absolute atomic E-state index is 0. The largest absolute Gasteiger partial charge is 0.370 e. The third kappa shape index (κ3) is 3.98. The third-order valence-electron chi connectivity index (χ3n) is 2.91. The number of hydrogen-bond donors (Lipinski definition) is 2. The van der Waals surface area contributed by atoms with Gasteiger partial charge in [0.2, 0.25) is 11.8 Å². The SMILES string of the molecule is CCC1CCN(C(=O)C(N)CC(N)=O)C1.Cl. The van der Waals surface area contributed by atoms with Gasteiger partial charge in [0.25, 0.3) is 0 Å². The van der Waals surface area contributed by atoms with Crippen molar-refractivity contribution in [3.05, 3.63) is 0 Å². The van der Waals surface area contributed by atoms with Gasteiger partial charge in [-0.05, 0) is 12.3 Å². The maximum Gasteiger partial charge on any atom is 0.240 e. The van der Waals surface area contributed by atoms with Gasteiger partial charge in [-0.1, -0.05) is 13.3 Å². The molecule has 1 saturated heterocycles. The van der Waals surface area contributed by atoms with Gasteiger partial charge < -0.3 is 16.4 Å². The lowest BCUT2D eigenvalue weighted by Crippen LogP contribution is -2.44. The second kappa shape index (κ2) is 6.70. The Bertz CT molecular complexity index is 260. The van der Waals surface area contributed by atoms with Crippen molar-refractivity contribution in [1.82, 2.24) is 4.90 Å². The number of rotatable bonds is 4. The molecule has 6 heteroatoms. The Morgan fingerprint density at radius 2 is 2.12 bits per heavy atom. The van der Waals surface area contributed by atoms with E-state index < -0.39 is 11.9 Å². The first-order valence-corrected chi connectivity index (χ1v) is 5.37. The predicted octanol–water partition coefficient (Wildman–Crippen LogP) is -0.131. The third-order valence-corrected chi connectivity index (χ3v) is 2.91. The molecule has 0 aromatic carbocycles. The number of amides is 2. The van der Waals surface area contributed by atoms with Crippen LogP contribution in [0, 0.1) is 5.92 Å². The van der Waals surface area contributed by atoms with Gasteiger partial charge in [-0.25, -0.2) is 0 Å². The molecule has 4 N–H and O–H groups in total. The Labute approximate surface area is 102 Å². The first kappa shape index (κ1) is 15.2. The summed E-state index contributed by atoms with van der Waals surface area (Å²) in [5.74, 6) is -0.0958. The molecule has 2 unspecified atom stereocenters. The molecule has 94 valence electrons. The van der Waals surface area contributed by atoms with E-state index >= 15 is 0 Å². The first-order valence-electron chi connectivity index (χ1n) is 5.37. The number of hydrogen-bond acceptors (Lipinski definition) is 3. The molecule has 1 aliphatic rings. The van der Waals surface area contributed by atoms with Crippen LogP contribution in [0.2, 0.25) is 0 Å². The fourth-order valence-electron chi connectivity index (χ4n) is 1.90. The van der Waals surface area contributed by atoms with Gasteiger partial charge in [0.05, 0.1) is 12.5 Å². The molecule has 1 fully saturated rings. The van der Waals surface area contributed by atoms with E-state index in [1.54, 1.807) is 4.90 Å². The Morgan fingerprint density at radius 1 is 1.50 bits per heavy atom. The molecule has 1 heterocycles. The first-order chi connectivity index (χ1) is 7.04. The van der Waals surface area contributed by atoms with Crippen molar-refractivity contribution in [1.29, 1.82) is 0 Å². The number of nitrogens with zero attached hydrogens (tertiary/aromatic N) is 1. The topological polar surface area (TPSA) is 89.4 Å². The van der Waals surface area contributed by atoms with Crippen molar-refractivity contribution >= 4 is 24.2 Å². The molecule has 0 saturated carbocycles. The second-order valence-corrected chi connectivity index (χ2v) is 4.12. The molecule has 16 heavy (non-hydrogen) atoms. The summed E-state index contributed by atoms with van der Waals surface area (Å²) in [7, 11) is 0. The van der Waals surface area contributed by atoms with Crippen LogP contribution in [0.4, 0.5) is 0 Å². The van der Waals surface area contributed by atoms with E-state index in [1.165, 1.54) is 0 Å². The lowest BCUT2D eigenvalue weighted by Gasteiger charge is -2.19. The smallest absolute Gasteiger partial charge is 0.240 e. The number of primary amides is 1. The van der Waals surface area contributed by atoms with Crippen LogP contribution in [-0.4, -0.2) is 35.8 Å². The number of nitrogens with two attached hydrogens (primary N) is 2. The zero-order valence-electron chi connectivity index (χ0n) is 9.52. The van der Waals surface area contributed by atoms with Crippen LogP contribution in [0.15, 0.2) is 0 Å². The van der Waals surface area contributed by atoms with Crippen LogP contribution in [0.5, 0.6) is 0 Å². The molecule has 0 spiro atoms. The van der Waals surface area contributed by atoms with Crippen molar-refractivity contribution in [2.75, 3.05) is 13.1 Å². The monoisotopic (exact) mass is 249 g/mol. The predicted molar refractivity (Wildman–Crippen MR) is 64.0 cm³/mol. The molecule has 0 radical (unpaired) electrons. The molecule has 2 atom stereocenters. The maximum atomic E-state index is 11.7. The highest BCUT2D eigenvalue weighted by molar-refractivity contribution is 5.87. The minimum atomic E-state index is -0.766. The van der Waals surface area contributed by atoms with Crippen LogP contribution >= 0.6 is 12.4 Å². The van der Waals surface area contributed by atoms with Crippen molar-refractivity contribution in [3.63, 3.8) is 0 Å². The van der Waals surface area contributed by atoms with E-state index in [-0.39, 0.29) is 24.7 Å². The van der Waals surface area contributed by atoms with Gasteiger partial charge in [-0.3, -0.25) is 9.59 Å². The maximum absolute atomic E-state index is 11.7. The van der Waals surface area contributed by atoms with E-state index in [9.17, 15) is 9.59 Å². The Morgan fingerprint density at radius 3 is 2.56 bits per heavy atom. The van der Waals surface area contributed by atoms with E-state index in [0.29, 0.717) is 5.92 Å². The molecule has 1 aliphatic heterocycles. The summed E-state index contributed by atoms with van der Waals surface area (Å²) in [6.07, 6.45) is 2.05. The van der Waals surface area contributed by atoms with Crippen LogP contribution in [-0.2, 0) is 9.59 Å². The molecule has 0 aliphatic carbocycles. The van der Waals surface area contributed by atoms with Gasteiger partial charge in [0.1, 0.15) is 0 Å². The molecule has 0 bridgehead atoms. The van der Waals surface area contributed by atoms with Crippen molar-refractivity contribution in [2.45, 2.75) is 32.2 Å². The van der Waals surface area contributed by atoms with Crippen LogP contribution in [0.1, 0.15) is 26.2 Å². The highest BCUT2D eigenvalue weighted by Crippen LogP contribution is 2.19. The number of halogens is 1. The second-order valence-electron chi connectivity index (χ2n) is 4.12. The molecule has 5 nitrogen and oxygen atoms in total. The summed E-state index contributed by atoms with van der Waals surface area (Å²) < 4.78 is 0. The molecule has 2 amide bonds. The Balaban J connectivity index is 0.00000225. The summed E-state index contributed by atoms with van der Waals surface area (Å²) in [6, 6.07) is -0.766. The van der Waals surface area contributed by atoms with Crippen molar-refractivity contribution in [2.24, 2.45) is 17.4 Å². The van der Waals surface area contributed by atoms with Crippen LogP contribution in [0.3, 0.4) is 0 Å². The zero-order valence-corrected chi connectivity index (χ0v) is 10.3. The quantitative estimate of drug-likeness (QED) is 0.727. The highest BCUT2D eigenvalue weighted by atomic mass is 35.5. The molecular formula is C10H20ClN3O2. The highest BCUT2D eigenvalue weighted by Gasteiger charge is 2.28. The van der Waals surface area contributed by atoms with Crippen LogP contribution in [0.25, 0.3) is 0 Å². The summed E-state index contributed by atoms with van der Waals surface area (Å²) in [5, 5.41) is 0. The average molecular weight is 250 g/mol. The van der Waals surface area contributed by atoms with Gasteiger partial charge >= 0.3 is 0 Å². The number of likely N-dealkylation sites (tertiary alicyclic amines) is 1. The summed E-state index contributed by atoms with van der Waals surface area (Å²) in [5.41, 5.74) is 10.6. The Kier molecular flexibility index (Phi) is 6.36. The van der Waals surface area contributed by atoms with Crippen molar-refractivity contribution in [3.8, 4) is 0 Å². The standard InChI is InChI=1S/C10H19N3O2.ClH/c1-2-7-3-4-13(6-7)10(15)8(11)5-9(12)14;/h7-8H,2-6,11H2,1H3,(H2,12,14);1H. The number of carbonyl (C=O) groups excluding carboxylic acids is 2. The van der Waals surface area contributed by atoms with Gasteiger partial charge in [0, 0.05) is 13.1 Å². The van der Waals surface area contributed by atoms with Crippen LogP contribution < -0.4 is 11.5 Å². The molecule has 0 aromatic heterocycles. The van der Waals surface area contributed by atoms with E-state index in [2.05, 4.69) is 6.92 Å². The number of carbonyl (C=O) groups is 2. The molecular weight excluding hydrogens is 230 g/mol. The van der Waals surface area contributed by atoms with Gasteiger partial charge in [-0.15, -0.1) is 12.4 Å². The zero-order chi connectivity index (χ0) is 11.4. The lowest BCUT2D eigenvalue weighted by atomic mass is 10.1. The molecule has 1 rings (SSSR count). The van der Waals surface area contributed by atoms with Gasteiger partial charge in [0.15, 0.2) is 0 Å². The normalized spacial score (nSPS) is 21.4. The fourth-order valence-corrected chi connectivity index (χ4v) is 1.90. The fraction of sp³-hybridized carbons (Fsp3) is 0.800. The van der Waals surface area contributed by atoms with E-state index in [0.717, 1.165) is 25.9 Å².